The first-order valence-corrected chi connectivity index (χ1v) is 7.79. The Balaban J connectivity index is 2.18. The fraction of sp³-hybridized carbons (Fsp3) is 0.538. The number of hydrogen-bond donors (Lipinski definition) is 2. The maximum atomic E-state index is 12.2. The molecule has 4 nitrogen and oxygen atoms in total. The summed E-state index contributed by atoms with van der Waals surface area (Å²) in [4.78, 5) is 0.281. The standard InChI is InChI=1S/C13H20N2O2S/c1-11-5-7-12(8-6-11)18(16,17)15-13(14)9-3-2-4-10-13/h5-8,15H,2-4,9-10,14H2,1H3. The second-order valence-electron chi connectivity index (χ2n) is 5.14. The maximum Gasteiger partial charge on any atom is 0.242 e. The summed E-state index contributed by atoms with van der Waals surface area (Å²) in [6.45, 7) is 1.93. The number of nitrogens with one attached hydrogen (secondary N) is 1. The van der Waals surface area contributed by atoms with Gasteiger partial charge in [0.2, 0.25) is 10.0 Å². The van der Waals surface area contributed by atoms with Gasteiger partial charge < -0.3 is 5.73 Å². The first kappa shape index (κ1) is 13.5. The van der Waals surface area contributed by atoms with Gasteiger partial charge in [-0.1, -0.05) is 37.0 Å². The van der Waals surface area contributed by atoms with E-state index in [9.17, 15) is 8.42 Å². The summed E-state index contributed by atoms with van der Waals surface area (Å²) >= 11 is 0. The van der Waals surface area contributed by atoms with Crippen LogP contribution in [0, 0.1) is 6.92 Å². The molecule has 1 aromatic rings. The van der Waals surface area contributed by atoms with E-state index in [2.05, 4.69) is 4.72 Å². The molecule has 1 fully saturated rings. The molecule has 0 spiro atoms. The molecule has 2 rings (SSSR count). The fourth-order valence-corrected chi connectivity index (χ4v) is 3.68. The van der Waals surface area contributed by atoms with Gasteiger partial charge in [0.1, 0.15) is 0 Å². The third-order valence-corrected chi connectivity index (χ3v) is 4.98. The van der Waals surface area contributed by atoms with Gasteiger partial charge in [0.25, 0.3) is 0 Å². The first-order valence-electron chi connectivity index (χ1n) is 6.31. The third-order valence-electron chi connectivity index (χ3n) is 3.41. The van der Waals surface area contributed by atoms with Crippen molar-refractivity contribution in [3.05, 3.63) is 29.8 Å². The van der Waals surface area contributed by atoms with Gasteiger partial charge in [-0.3, -0.25) is 0 Å². The minimum Gasteiger partial charge on any atom is -0.312 e. The Morgan fingerprint density at radius 2 is 1.67 bits per heavy atom. The average molecular weight is 268 g/mol. The highest BCUT2D eigenvalue weighted by atomic mass is 32.2. The van der Waals surface area contributed by atoms with E-state index in [0.29, 0.717) is 12.8 Å². The van der Waals surface area contributed by atoms with Crippen LogP contribution >= 0.6 is 0 Å². The molecular weight excluding hydrogens is 248 g/mol. The lowest BCUT2D eigenvalue weighted by Gasteiger charge is -2.33. The molecule has 1 saturated carbocycles. The average Bonchev–Trinajstić information content (AvgIpc) is 2.29. The zero-order valence-corrected chi connectivity index (χ0v) is 11.5. The van der Waals surface area contributed by atoms with Gasteiger partial charge in [0.15, 0.2) is 0 Å². The highest BCUT2D eigenvalue weighted by molar-refractivity contribution is 7.89. The highest BCUT2D eigenvalue weighted by Gasteiger charge is 2.32. The fourth-order valence-electron chi connectivity index (χ4n) is 2.33. The van der Waals surface area contributed by atoms with Crippen LogP contribution in [0.1, 0.15) is 37.7 Å². The van der Waals surface area contributed by atoms with E-state index in [1.165, 1.54) is 0 Å². The Bertz CT molecular complexity index is 502. The van der Waals surface area contributed by atoms with Crippen LogP contribution in [0.2, 0.25) is 0 Å². The van der Waals surface area contributed by atoms with Crippen LogP contribution in [0.3, 0.4) is 0 Å². The Morgan fingerprint density at radius 3 is 2.22 bits per heavy atom. The lowest BCUT2D eigenvalue weighted by Crippen LogP contribution is -2.56. The van der Waals surface area contributed by atoms with Crippen molar-refractivity contribution in [2.45, 2.75) is 49.6 Å². The third kappa shape index (κ3) is 3.10. The first-order chi connectivity index (χ1) is 8.41. The predicted octanol–water partition coefficient (Wildman–Crippen LogP) is 1.89. The van der Waals surface area contributed by atoms with Crippen LogP contribution < -0.4 is 10.5 Å². The molecule has 100 valence electrons. The highest BCUT2D eigenvalue weighted by Crippen LogP contribution is 2.25. The van der Waals surface area contributed by atoms with E-state index in [1.54, 1.807) is 24.3 Å². The van der Waals surface area contributed by atoms with Gasteiger partial charge in [0.05, 0.1) is 10.6 Å². The van der Waals surface area contributed by atoms with Crippen molar-refractivity contribution in [2.24, 2.45) is 5.73 Å². The number of rotatable bonds is 3. The second kappa shape index (κ2) is 4.99. The van der Waals surface area contributed by atoms with Crippen molar-refractivity contribution >= 4 is 10.0 Å². The van der Waals surface area contributed by atoms with Gasteiger partial charge in [0, 0.05) is 0 Å². The molecule has 1 aliphatic rings. The van der Waals surface area contributed by atoms with E-state index in [4.69, 9.17) is 5.73 Å². The summed E-state index contributed by atoms with van der Waals surface area (Å²) in [6, 6.07) is 6.81. The molecule has 0 unspecified atom stereocenters. The van der Waals surface area contributed by atoms with Crippen molar-refractivity contribution in [3.63, 3.8) is 0 Å². The zero-order valence-electron chi connectivity index (χ0n) is 10.6. The van der Waals surface area contributed by atoms with E-state index in [0.717, 1.165) is 24.8 Å². The Labute approximate surface area is 109 Å². The van der Waals surface area contributed by atoms with Crippen LogP contribution in [0.4, 0.5) is 0 Å². The smallest absolute Gasteiger partial charge is 0.242 e. The van der Waals surface area contributed by atoms with Gasteiger partial charge in [-0.2, -0.15) is 4.72 Å². The van der Waals surface area contributed by atoms with Crippen molar-refractivity contribution in [1.82, 2.24) is 4.72 Å². The minimum atomic E-state index is -3.51. The van der Waals surface area contributed by atoms with Gasteiger partial charge in [-0.05, 0) is 31.9 Å². The van der Waals surface area contributed by atoms with Gasteiger partial charge >= 0.3 is 0 Å². The van der Waals surface area contributed by atoms with Crippen LogP contribution in [0.25, 0.3) is 0 Å². The largest absolute Gasteiger partial charge is 0.312 e. The summed E-state index contributed by atoms with van der Waals surface area (Å²) in [6.07, 6.45) is 4.50. The van der Waals surface area contributed by atoms with Crippen molar-refractivity contribution < 1.29 is 8.42 Å². The molecule has 1 aliphatic carbocycles. The molecule has 5 heteroatoms. The molecule has 0 heterocycles. The summed E-state index contributed by atoms with van der Waals surface area (Å²) < 4.78 is 27.1. The van der Waals surface area contributed by atoms with Crippen LogP contribution in [-0.2, 0) is 10.0 Å². The predicted molar refractivity (Wildman–Crippen MR) is 71.5 cm³/mol. The van der Waals surface area contributed by atoms with Crippen molar-refractivity contribution in [2.75, 3.05) is 0 Å². The molecule has 0 bridgehead atoms. The number of nitrogens with two attached hydrogens (primary N) is 1. The molecule has 3 N–H and O–H groups in total. The van der Waals surface area contributed by atoms with Crippen molar-refractivity contribution in [1.29, 1.82) is 0 Å². The Hall–Kier alpha value is -0.910. The second-order valence-corrected chi connectivity index (χ2v) is 6.82. The Morgan fingerprint density at radius 1 is 1.11 bits per heavy atom. The molecule has 0 radical (unpaired) electrons. The lowest BCUT2D eigenvalue weighted by atomic mass is 9.91. The van der Waals surface area contributed by atoms with Gasteiger partial charge in [-0.15, -0.1) is 0 Å². The SMILES string of the molecule is Cc1ccc(S(=O)(=O)NC2(N)CCCCC2)cc1. The van der Waals surface area contributed by atoms with Gasteiger partial charge in [-0.25, -0.2) is 8.42 Å². The molecule has 0 aliphatic heterocycles. The summed E-state index contributed by atoms with van der Waals surface area (Å²) in [5.41, 5.74) is 6.38. The van der Waals surface area contributed by atoms with Crippen LogP contribution in [0.5, 0.6) is 0 Å². The lowest BCUT2D eigenvalue weighted by molar-refractivity contribution is 0.277. The normalized spacial score (nSPS) is 19.7. The summed E-state index contributed by atoms with van der Waals surface area (Å²) in [5, 5.41) is 0. The maximum absolute atomic E-state index is 12.2. The topological polar surface area (TPSA) is 72.2 Å². The molecule has 1 aromatic carbocycles. The monoisotopic (exact) mass is 268 g/mol. The van der Waals surface area contributed by atoms with Crippen LogP contribution in [-0.4, -0.2) is 14.1 Å². The summed E-state index contributed by atoms with van der Waals surface area (Å²) in [7, 11) is -3.51. The molecule has 0 saturated heterocycles. The number of sulfonamides is 1. The van der Waals surface area contributed by atoms with E-state index in [-0.39, 0.29) is 4.90 Å². The molecule has 0 atom stereocenters. The van der Waals surface area contributed by atoms with Crippen molar-refractivity contribution in [3.8, 4) is 0 Å². The molecule has 0 amide bonds. The molecular formula is C13H20N2O2S. The number of hydrogen-bond acceptors (Lipinski definition) is 3. The number of aryl methyl sites for hydroxylation is 1. The summed E-state index contributed by atoms with van der Waals surface area (Å²) in [5.74, 6) is 0. The zero-order chi connectivity index (χ0) is 13.2. The van der Waals surface area contributed by atoms with E-state index >= 15 is 0 Å². The van der Waals surface area contributed by atoms with E-state index < -0.39 is 15.7 Å². The molecule has 0 aromatic heterocycles. The van der Waals surface area contributed by atoms with Crippen LogP contribution in [0.15, 0.2) is 29.2 Å². The van der Waals surface area contributed by atoms with E-state index in [1.807, 2.05) is 6.92 Å². The number of benzene rings is 1. The Kier molecular flexibility index (Phi) is 3.75. The quantitative estimate of drug-likeness (QED) is 0.822. The minimum absolute atomic E-state index is 0.281. The molecule has 18 heavy (non-hydrogen) atoms.